The van der Waals surface area contributed by atoms with E-state index in [1.807, 2.05) is 6.92 Å². The topological polar surface area (TPSA) is 52.1 Å². The van der Waals surface area contributed by atoms with Gasteiger partial charge in [0.15, 0.2) is 0 Å². The van der Waals surface area contributed by atoms with Gasteiger partial charge in [-0.25, -0.2) is 19.2 Å². The third-order valence-electron chi connectivity index (χ3n) is 2.99. The molecule has 0 saturated carbocycles. The second-order valence-electron chi connectivity index (χ2n) is 4.46. The van der Waals surface area contributed by atoms with E-state index in [2.05, 4.69) is 14.7 Å². The van der Waals surface area contributed by atoms with Crippen molar-refractivity contribution in [3.8, 4) is 11.3 Å². The van der Waals surface area contributed by atoms with E-state index in [0.29, 0.717) is 22.8 Å². The Kier molecular flexibility index (Phi) is 4.85. The van der Waals surface area contributed by atoms with Gasteiger partial charge in [-0.2, -0.15) is 0 Å². The van der Waals surface area contributed by atoms with E-state index in [1.165, 1.54) is 25.6 Å². The number of esters is 1. The second-order valence-corrected chi connectivity index (χ2v) is 4.82. The lowest BCUT2D eigenvalue weighted by atomic mass is 10.0. The predicted octanol–water partition coefficient (Wildman–Crippen LogP) is 3.68. The zero-order valence-corrected chi connectivity index (χ0v) is 12.4. The van der Waals surface area contributed by atoms with Gasteiger partial charge in [0.2, 0.25) is 0 Å². The number of ether oxygens (including phenoxy) is 1. The molecule has 0 aliphatic rings. The van der Waals surface area contributed by atoms with Crippen LogP contribution in [0.15, 0.2) is 24.5 Å². The Morgan fingerprint density at radius 2 is 2.10 bits per heavy atom. The van der Waals surface area contributed by atoms with Gasteiger partial charge in [-0.3, -0.25) is 0 Å². The summed E-state index contributed by atoms with van der Waals surface area (Å²) in [6.07, 6.45) is 2.83. The van der Waals surface area contributed by atoms with Crippen molar-refractivity contribution in [2.24, 2.45) is 0 Å². The lowest BCUT2D eigenvalue weighted by Crippen LogP contribution is -2.03. The Labute approximate surface area is 126 Å². The van der Waals surface area contributed by atoms with Crippen LogP contribution >= 0.6 is 11.6 Å². The number of rotatable bonds is 4. The van der Waals surface area contributed by atoms with Crippen molar-refractivity contribution in [1.82, 2.24) is 9.97 Å². The lowest BCUT2D eigenvalue weighted by molar-refractivity contribution is 0.0600. The van der Waals surface area contributed by atoms with Crippen molar-refractivity contribution >= 4 is 17.6 Å². The molecule has 0 atom stereocenters. The predicted molar refractivity (Wildman–Crippen MR) is 77.8 cm³/mol. The molecule has 0 unspecified atom stereocenters. The standard InChI is InChI=1S/C15H14ClFN2O2/c1-3-4-12-13(18-8-19-14(12)16)9-5-10(15(20)21-2)7-11(17)6-9/h5-8H,3-4H2,1-2H3. The monoisotopic (exact) mass is 308 g/mol. The van der Waals surface area contributed by atoms with Gasteiger partial charge in [-0.1, -0.05) is 24.9 Å². The van der Waals surface area contributed by atoms with Gasteiger partial charge >= 0.3 is 5.97 Å². The van der Waals surface area contributed by atoms with E-state index in [0.717, 1.165) is 18.1 Å². The van der Waals surface area contributed by atoms with E-state index < -0.39 is 11.8 Å². The first-order chi connectivity index (χ1) is 10.1. The minimum Gasteiger partial charge on any atom is -0.465 e. The number of nitrogens with zero attached hydrogens (tertiary/aromatic N) is 2. The average molecular weight is 309 g/mol. The molecule has 0 amide bonds. The van der Waals surface area contributed by atoms with Crippen molar-refractivity contribution < 1.29 is 13.9 Å². The van der Waals surface area contributed by atoms with Crippen LogP contribution in [0.4, 0.5) is 4.39 Å². The molecule has 6 heteroatoms. The number of carbonyl (C=O) groups excluding carboxylic acids is 1. The van der Waals surface area contributed by atoms with Crippen LogP contribution in [0.3, 0.4) is 0 Å². The van der Waals surface area contributed by atoms with Gasteiger partial charge < -0.3 is 4.74 Å². The van der Waals surface area contributed by atoms with E-state index in [9.17, 15) is 9.18 Å². The molecule has 0 bridgehead atoms. The van der Waals surface area contributed by atoms with Crippen LogP contribution in [0, 0.1) is 5.82 Å². The highest BCUT2D eigenvalue weighted by Crippen LogP contribution is 2.28. The third kappa shape index (κ3) is 3.36. The molecule has 0 saturated heterocycles. The first-order valence-electron chi connectivity index (χ1n) is 6.45. The molecule has 2 rings (SSSR count). The molecule has 1 heterocycles. The van der Waals surface area contributed by atoms with Crippen LogP contribution < -0.4 is 0 Å². The molecule has 0 fully saturated rings. The molecule has 110 valence electrons. The summed E-state index contributed by atoms with van der Waals surface area (Å²) in [6, 6.07) is 3.97. The summed E-state index contributed by atoms with van der Waals surface area (Å²) in [5.74, 6) is -1.14. The van der Waals surface area contributed by atoms with Gasteiger partial charge in [0.25, 0.3) is 0 Å². The third-order valence-corrected chi connectivity index (χ3v) is 3.31. The minimum absolute atomic E-state index is 0.129. The van der Waals surface area contributed by atoms with Crippen molar-refractivity contribution in [2.75, 3.05) is 7.11 Å². The normalized spacial score (nSPS) is 10.5. The Morgan fingerprint density at radius 3 is 2.76 bits per heavy atom. The summed E-state index contributed by atoms with van der Waals surface area (Å²) >= 11 is 6.09. The molecule has 0 radical (unpaired) electrons. The molecular formula is C15H14ClFN2O2. The number of aromatic nitrogens is 2. The number of hydrogen-bond acceptors (Lipinski definition) is 4. The van der Waals surface area contributed by atoms with Crippen LogP contribution in [-0.4, -0.2) is 23.0 Å². The maximum atomic E-state index is 13.7. The molecule has 0 spiro atoms. The Bertz CT molecular complexity index is 677. The van der Waals surface area contributed by atoms with Crippen LogP contribution in [0.1, 0.15) is 29.3 Å². The largest absolute Gasteiger partial charge is 0.465 e. The van der Waals surface area contributed by atoms with Crippen molar-refractivity contribution in [3.05, 3.63) is 46.6 Å². The summed E-state index contributed by atoms with van der Waals surface area (Å²) in [7, 11) is 1.25. The van der Waals surface area contributed by atoms with Crippen LogP contribution in [-0.2, 0) is 11.2 Å². The van der Waals surface area contributed by atoms with Crippen LogP contribution in [0.25, 0.3) is 11.3 Å². The highest BCUT2D eigenvalue weighted by Gasteiger charge is 2.15. The molecule has 1 aromatic carbocycles. The molecule has 0 aliphatic heterocycles. The van der Waals surface area contributed by atoms with Gasteiger partial charge in [0, 0.05) is 11.1 Å². The quantitative estimate of drug-likeness (QED) is 0.638. The molecule has 0 aliphatic carbocycles. The number of hydrogen-bond donors (Lipinski definition) is 0. The maximum absolute atomic E-state index is 13.7. The number of halogens is 2. The Morgan fingerprint density at radius 1 is 1.33 bits per heavy atom. The highest BCUT2D eigenvalue weighted by molar-refractivity contribution is 6.30. The highest BCUT2D eigenvalue weighted by atomic mass is 35.5. The molecule has 21 heavy (non-hydrogen) atoms. The summed E-state index contributed by atoms with van der Waals surface area (Å²) < 4.78 is 18.4. The Hall–Kier alpha value is -2.01. The molecule has 0 N–H and O–H groups in total. The fourth-order valence-electron chi connectivity index (χ4n) is 2.07. The van der Waals surface area contributed by atoms with Crippen molar-refractivity contribution in [2.45, 2.75) is 19.8 Å². The fraction of sp³-hybridized carbons (Fsp3) is 0.267. The van der Waals surface area contributed by atoms with Crippen LogP contribution in [0.2, 0.25) is 5.15 Å². The van der Waals surface area contributed by atoms with Crippen molar-refractivity contribution in [1.29, 1.82) is 0 Å². The molecule has 4 nitrogen and oxygen atoms in total. The number of carbonyl (C=O) groups is 1. The lowest BCUT2D eigenvalue weighted by Gasteiger charge is -2.10. The van der Waals surface area contributed by atoms with Gasteiger partial charge in [0.1, 0.15) is 17.3 Å². The molecule has 1 aromatic heterocycles. The van der Waals surface area contributed by atoms with Gasteiger partial charge in [-0.15, -0.1) is 0 Å². The summed E-state index contributed by atoms with van der Waals surface area (Å²) in [5, 5.41) is 0.339. The zero-order valence-electron chi connectivity index (χ0n) is 11.7. The van der Waals surface area contributed by atoms with E-state index in [4.69, 9.17) is 11.6 Å². The fourth-order valence-corrected chi connectivity index (χ4v) is 2.30. The Balaban J connectivity index is 2.59. The number of benzene rings is 1. The molecular weight excluding hydrogens is 295 g/mol. The van der Waals surface area contributed by atoms with Gasteiger partial charge in [0.05, 0.1) is 18.4 Å². The van der Waals surface area contributed by atoms with Crippen molar-refractivity contribution in [3.63, 3.8) is 0 Å². The van der Waals surface area contributed by atoms with Crippen LogP contribution in [0.5, 0.6) is 0 Å². The summed E-state index contributed by atoms with van der Waals surface area (Å²) in [6.45, 7) is 2.00. The number of methoxy groups -OCH3 is 1. The van der Waals surface area contributed by atoms with E-state index in [-0.39, 0.29) is 5.56 Å². The van der Waals surface area contributed by atoms with Gasteiger partial charge in [-0.05, 0) is 24.6 Å². The average Bonchev–Trinajstić information content (AvgIpc) is 2.48. The van der Waals surface area contributed by atoms with E-state index in [1.54, 1.807) is 0 Å². The zero-order chi connectivity index (χ0) is 15.4. The summed E-state index contributed by atoms with van der Waals surface area (Å²) in [4.78, 5) is 19.7. The van der Waals surface area contributed by atoms with E-state index >= 15 is 0 Å². The summed E-state index contributed by atoms with van der Waals surface area (Å²) in [5.41, 5.74) is 1.87. The minimum atomic E-state index is -0.604. The first kappa shape index (κ1) is 15.4. The maximum Gasteiger partial charge on any atom is 0.337 e. The second kappa shape index (κ2) is 6.63. The SMILES string of the molecule is CCCc1c(Cl)ncnc1-c1cc(F)cc(C(=O)OC)c1. The first-order valence-corrected chi connectivity index (χ1v) is 6.83. The smallest absolute Gasteiger partial charge is 0.337 e. The molecule has 2 aromatic rings.